The molecule has 5 aromatic heterocycles. The average molecular weight is 1080 g/mol. The number of allylic oxidation sites excluding steroid dienone is 2. The van der Waals surface area contributed by atoms with Crippen LogP contribution in [0.3, 0.4) is 0 Å². The number of carbonyl (C=O) groups excluding carboxylic acids is 2. The van der Waals surface area contributed by atoms with Gasteiger partial charge in [-0.2, -0.15) is 29.2 Å². The summed E-state index contributed by atoms with van der Waals surface area (Å²) in [7, 11) is 0. The Labute approximate surface area is 463 Å². The van der Waals surface area contributed by atoms with Crippen LogP contribution in [0.1, 0.15) is 127 Å². The Morgan fingerprint density at radius 3 is 2.10 bits per heavy atom. The molecule has 0 radical (unpaired) electrons. The summed E-state index contributed by atoms with van der Waals surface area (Å²) in [6, 6.07) is 28.7. The summed E-state index contributed by atoms with van der Waals surface area (Å²) in [5, 5.41) is 13.8. The number of halogens is 2. The van der Waals surface area contributed by atoms with Crippen LogP contribution in [0.15, 0.2) is 122 Å². The lowest BCUT2D eigenvalue weighted by Crippen LogP contribution is -2.47. The second kappa shape index (κ2) is 20.9. The zero-order valence-corrected chi connectivity index (χ0v) is 46.6. The minimum atomic E-state index is -0.813. The molecule has 0 aliphatic heterocycles. The number of nitrogens with zero attached hydrogens (tertiary/aromatic N) is 10. The number of hydrogen-bond donors (Lipinski definition) is 1. The highest BCUT2D eigenvalue weighted by Crippen LogP contribution is 2.43. The summed E-state index contributed by atoms with van der Waals surface area (Å²) in [5.74, 6) is 1.10. The van der Waals surface area contributed by atoms with Crippen molar-refractivity contribution < 1.29 is 27.8 Å². The van der Waals surface area contributed by atoms with Crippen LogP contribution < -0.4 is 10.2 Å². The molecule has 0 saturated carbocycles. The molecule has 9 aromatic rings. The van der Waals surface area contributed by atoms with Gasteiger partial charge in [0.25, 0.3) is 0 Å². The van der Waals surface area contributed by atoms with Gasteiger partial charge in [-0.15, -0.1) is 0 Å². The highest BCUT2D eigenvalue weighted by molar-refractivity contribution is 5.95. The Bertz CT molecular complexity index is 3950. The van der Waals surface area contributed by atoms with Crippen LogP contribution in [0, 0.1) is 11.6 Å². The van der Waals surface area contributed by atoms with Gasteiger partial charge < -0.3 is 14.8 Å². The number of aromatic nitrogens is 9. The lowest BCUT2D eigenvalue weighted by atomic mass is 9.88. The summed E-state index contributed by atoms with van der Waals surface area (Å²) in [6.07, 6.45) is 7.99. The number of carbonyl (C=O) groups is 2. The van der Waals surface area contributed by atoms with Crippen molar-refractivity contribution in [2.45, 2.75) is 136 Å². The molecular weight excluding hydrogens is 1010 g/mol. The predicted octanol–water partition coefficient (Wildman–Crippen LogP) is 14.0. The first-order valence-electron chi connectivity index (χ1n) is 27.3. The predicted molar refractivity (Wildman–Crippen MR) is 308 cm³/mol. The number of hydrogen-bond acceptors (Lipinski definition) is 11. The molecule has 12 rings (SSSR count). The van der Waals surface area contributed by atoms with Crippen molar-refractivity contribution in [2.24, 2.45) is 0 Å². The van der Waals surface area contributed by atoms with E-state index >= 15 is 0 Å². The van der Waals surface area contributed by atoms with Crippen molar-refractivity contribution in [1.29, 1.82) is 0 Å². The highest BCUT2D eigenvalue weighted by Gasteiger charge is 2.39. The van der Waals surface area contributed by atoms with E-state index in [1.165, 1.54) is 50.4 Å². The number of amides is 1. The Hall–Kier alpha value is -8.60. The van der Waals surface area contributed by atoms with Gasteiger partial charge in [0.2, 0.25) is 11.9 Å². The minimum absolute atomic E-state index is 0.181. The van der Waals surface area contributed by atoms with Crippen molar-refractivity contribution >= 4 is 57.4 Å². The third kappa shape index (κ3) is 10.6. The van der Waals surface area contributed by atoms with Gasteiger partial charge in [-0.3, -0.25) is 0 Å². The zero-order chi connectivity index (χ0) is 56.4. The first-order valence-corrected chi connectivity index (χ1v) is 27.3. The minimum Gasteiger partial charge on any atom is -0.443 e. The Morgan fingerprint density at radius 1 is 0.750 bits per heavy atom. The van der Waals surface area contributed by atoms with Gasteiger partial charge in [-0.25, -0.2) is 37.8 Å². The van der Waals surface area contributed by atoms with Crippen LogP contribution in [0.4, 0.5) is 30.3 Å². The molecule has 3 aliphatic rings. The Kier molecular flexibility index (Phi) is 13.9. The lowest BCUT2D eigenvalue weighted by molar-refractivity contribution is 0.0527. The third-order valence-electron chi connectivity index (χ3n) is 14.7. The van der Waals surface area contributed by atoms with E-state index < -0.39 is 35.2 Å². The highest BCUT2D eigenvalue weighted by atomic mass is 19.1. The first-order chi connectivity index (χ1) is 38.2. The van der Waals surface area contributed by atoms with Crippen LogP contribution >= 0.6 is 0 Å². The molecule has 17 heteroatoms. The molecule has 1 N–H and O–H groups in total. The Balaban J connectivity index is 0.000000179. The molecule has 2 atom stereocenters. The summed E-state index contributed by atoms with van der Waals surface area (Å²) in [5.41, 5.74) is 11.7. The smallest absolute Gasteiger partial charge is 0.419 e. The van der Waals surface area contributed by atoms with E-state index in [-0.39, 0.29) is 29.5 Å². The molecule has 0 bridgehead atoms. The Morgan fingerprint density at radius 2 is 1.41 bits per heavy atom. The molecule has 4 aromatic carbocycles. The maximum absolute atomic E-state index is 14.4. The summed E-state index contributed by atoms with van der Waals surface area (Å²) in [4.78, 5) is 48.4. The van der Waals surface area contributed by atoms with E-state index in [0.29, 0.717) is 53.4 Å². The maximum Gasteiger partial charge on any atom is 0.419 e. The van der Waals surface area contributed by atoms with Crippen LogP contribution in [0.5, 0.6) is 0 Å². The van der Waals surface area contributed by atoms with Crippen LogP contribution in [-0.4, -0.2) is 79.2 Å². The van der Waals surface area contributed by atoms with Crippen molar-refractivity contribution in [1.82, 2.24) is 43.7 Å². The van der Waals surface area contributed by atoms with E-state index in [0.717, 1.165) is 64.6 Å². The quantitative estimate of drug-likeness (QED) is 0.154. The summed E-state index contributed by atoms with van der Waals surface area (Å²) >= 11 is 0. The van der Waals surface area contributed by atoms with Gasteiger partial charge in [0.1, 0.15) is 22.8 Å². The van der Waals surface area contributed by atoms with Gasteiger partial charge in [0.05, 0.1) is 17.9 Å². The van der Waals surface area contributed by atoms with Crippen molar-refractivity contribution in [3.63, 3.8) is 0 Å². The maximum atomic E-state index is 14.4. The van der Waals surface area contributed by atoms with E-state index in [1.807, 2.05) is 64.2 Å². The second-order valence-electron chi connectivity index (χ2n) is 23.3. The largest absolute Gasteiger partial charge is 0.443 e. The molecule has 0 saturated heterocycles. The summed E-state index contributed by atoms with van der Waals surface area (Å²) < 4.78 is 45.1. The number of rotatable bonds is 8. The van der Waals surface area contributed by atoms with Gasteiger partial charge in [-0.1, -0.05) is 92.7 Å². The van der Waals surface area contributed by atoms with E-state index in [2.05, 4.69) is 60.2 Å². The fourth-order valence-electron chi connectivity index (χ4n) is 11.2. The standard InChI is InChI=1S/C36H39FN6O4.C27H26FN5/c1-21(2)27-20-38-43-31(27)39-30(22-12-11-13-23(37)18-22)40-32(43)41(33(44)46-35(3,4)5)24-16-17-29-26(19-24)25-14-9-10-15-28(25)42(29)34(45)47-36(6,7)8;1-16(2)24-15-29-33-26(24)31-25(19-7-5-8-20(28)13-19)32-27(33)30-21-11-10-18-12-17-6-3-4-9-22(17)23(18)14-21/h9-15,18,20,24H,1,16-17,19H2,2-8H3;3-9,13,15-16,21H,10-12,14H2,1-2H3,(H,30,31,32)/t24-;21-/m11/s1. The van der Waals surface area contributed by atoms with Crippen LogP contribution in [0.25, 0.3) is 56.1 Å². The summed E-state index contributed by atoms with van der Waals surface area (Å²) in [6.45, 7) is 21.1. The molecule has 0 spiro atoms. The number of benzene rings is 4. The van der Waals surface area contributed by atoms with Crippen molar-refractivity contribution in [2.75, 3.05) is 10.2 Å². The normalized spacial score (nSPS) is 16.1. The van der Waals surface area contributed by atoms with Crippen LogP contribution in [-0.2, 0) is 28.7 Å². The average Bonchev–Trinajstić information content (AvgIpc) is 3.99. The molecule has 0 fully saturated rings. The van der Waals surface area contributed by atoms with Gasteiger partial charge >= 0.3 is 12.2 Å². The monoisotopic (exact) mass is 1080 g/mol. The third-order valence-corrected chi connectivity index (χ3v) is 14.7. The number of fused-ring (bicyclic) bond motifs is 7. The number of nitrogens with one attached hydrogen (secondary N) is 1. The SMILES string of the molecule is C=C(C)c1cnn2c(N(C(=O)OC(C)(C)C)[C@@H]3CCc4c(c5ccccc5n4C(=O)OC(C)(C)C)C3)nc(-c3cccc(F)c3)nc12.CC(C)c1cnn2c(N[C@@H]3CCC4=C(C3)c3ccccc3C4)nc(-c3cccc(F)c3)nc12. The molecule has 410 valence electrons. The van der Waals surface area contributed by atoms with Crippen LogP contribution in [0.2, 0.25) is 0 Å². The molecule has 5 heterocycles. The van der Waals surface area contributed by atoms with Crippen molar-refractivity contribution in [3.8, 4) is 22.8 Å². The number of para-hydroxylation sites is 1. The topological polar surface area (TPSA) is 159 Å². The fourth-order valence-corrected chi connectivity index (χ4v) is 11.2. The molecule has 0 unspecified atom stereocenters. The first kappa shape index (κ1) is 53.4. The zero-order valence-electron chi connectivity index (χ0n) is 46.6. The molecule has 3 aliphatic carbocycles. The molecule has 15 nitrogen and oxygen atoms in total. The van der Waals surface area contributed by atoms with Crippen molar-refractivity contribution in [3.05, 3.63) is 167 Å². The van der Waals surface area contributed by atoms with Gasteiger partial charge in [0.15, 0.2) is 22.9 Å². The van der Waals surface area contributed by atoms with Gasteiger partial charge in [-0.05, 0) is 157 Å². The number of ether oxygens (including phenoxy) is 2. The fraction of sp³-hybridized carbons (Fsp3) is 0.333. The molecular formula is C63H65F2N11O4. The molecule has 1 amide bonds. The number of anilines is 2. The lowest BCUT2D eigenvalue weighted by Gasteiger charge is -2.35. The van der Waals surface area contributed by atoms with Gasteiger partial charge in [0, 0.05) is 45.4 Å². The van der Waals surface area contributed by atoms with E-state index in [4.69, 9.17) is 29.4 Å². The second-order valence-corrected chi connectivity index (χ2v) is 23.3. The van der Waals surface area contributed by atoms with E-state index in [9.17, 15) is 18.4 Å². The molecule has 80 heavy (non-hydrogen) atoms. The van der Waals surface area contributed by atoms with E-state index in [1.54, 1.807) is 59.8 Å².